The summed E-state index contributed by atoms with van der Waals surface area (Å²) in [5.74, 6) is 0.254. The first-order valence-electron chi connectivity index (χ1n) is 5.50. The molecule has 0 unspecified atom stereocenters. The fourth-order valence-electron chi connectivity index (χ4n) is 1.30. The maximum absolute atomic E-state index is 11.9. The van der Waals surface area contributed by atoms with E-state index >= 15 is 0 Å². The monoisotopic (exact) mass is 276 g/mol. The molecule has 9 nitrogen and oxygen atoms in total. The van der Waals surface area contributed by atoms with Gasteiger partial charge in [0.15, 0.2) is 5.69 Å². The molecule has 20 heavy (non-hydrogen) atoms. The highest BCUT2D eigenvalue weighted by molar-refractivity contribution is 6.01. The summed E-state index contributed by atoms with van der Waals surface area (Å²) in [5, 5.41) is 9.70. The zero-order chi connectivity index (χ0) is 14.5. The molecule has 0 bridgehead atoms. The Morgan fingerprint density at radius 2 is 1.80 bits per heavy atom. The maximum atomic E-state index is 11.9. The van der Waals surface area contributed by atoms with E-state index in [4.69, 9.17) is 15.2 Å². The Labute approximate surface area is 114 Å². The topological polar surface area (TPSA) is 125 Å². The van der Waals surface area contributed by atoms with Crippen LogP contribution in [0.1, 0.15) is 10.5 Å². The molecule has 0 aliphatic rings. The van der Waals surface area contributed by atoms with E-state index in [1.165, 1.54) is 32.4 Å². The number of anilines is 2. The van der Waals surface area contributed by atoms with Crippen molar-refractivity contribution in [2.24, 2.45) is 0 Å². The normalized spacial score (nSPS) is 9.90. The highest BCUT2D eigenvalue weighted by Gasteiger charge is 2.12. The van der Waals surface area contributed by atoms with Crippen LogP contribution in [-0.4, -0.2) is 40.3 Å². The predicted octanol–water partition coefficient (Wildman–Crippen LogP) is 0.118. The summed E-state index contributed by atoms with van der Waals surface area (Å²) >= 11 is 0. The van der Waals surface area contributed by atoms with Gasteiger partial charge in [0.2, 0.25) is 17.7 Å². The SMILES string of the molecule is COc1cc(OC)nc(NC(=O)c2ccc(N)nn2)n1. The number of nitrogens with one attached hydrogen (secondary N) is 1. The highest BCUT2D eigenvalue weighted by atomic mass is 16.5. The number of aromatic nitrogens is 4. The molecule has 0 radical (unpaired) electrons. The van der Waals surface area contributed by atoms with Crippen LogP contribution in [0.4, 0.5) is 11.8 Å². The number of nitrogens with zero attached hydrogens (tertiary/aromatic N) is 4. The van der Waals surface area contributed by atoms with Crippen LogP contribution in [0.3, 0.4) is 0 Å². The standard InChI is InChI=1S/C11H12N6O3/c1-19-8-5-9(20-2)14-11(13-8)15-10(18)6-3-4-7(12)17-16-6/h3-5H,1-2H3,(H2,12,17)(H,13,14,15,18). The third kappa shape index (κ3) is 3.07. The number of rotatable bonds is 4. The Bertz CT molecular complexity index is 594. The van der Waals surface area contributed by atoms with Gasteiger partial charge in [-0.15, -0.1) is 10.2 Å². The van der Waals surface area contributed by atoms with E-state index in [9.17, 15) is 4.79 Å². The lowest BCUT2D eigenvalue weighted by atomic mass is 10.3. The van der Waals surface area contributed by atoms with Crippen LogP contribution in [0.2, 0.25) is 0 Å². The van der Waals surface area contributed by atoms with Crippen molar-refractivity contribution < 1.29 is 14.3 Å². The number of nitrogens with two attached hydrogens (primary N) is 1. The van der Waals surface area contributed by atoms with Gasteiger partial charge in [-0.25, -0.2) is 0 Å². The number of hydrogen-bond donors (Lipinski definition) is 2. The zero-order valence-corrected chi connectivity index (χ0v) is 10.8. The Kier molecular flexibility index (Phi) is 3.89. The van der Waals surface area contributed by atoms with Gasteiger partial charge in [0.25, 0.3) is 5.91 Å². The average Bonchev–Trinajstić information content (AvgIpc) is 2.47. The first-order valence-corrected chi connectivity index (χ1v) is 5.50. The Morgan fingerprint density at radius 3 is 2.30 bits per heavy atom. The van der Waals surface area contributed by atoms with E-state index in [2.05, 4.69) is 25.5 Å². The highest BCUT2D eigenvalue weighted by Crippen LogP contribution is 2.17. The van der Waals surface area contributed by atoms with Gasteiger partial charge in [0.1, 0.15) is 5.82 Å². The van der Waals surface area contributed by atoms with Crippen LogP contribution in [0.25, 0.3) is 0 Å². The van der Waals surface area contributed by atoms with Crippen LogP contribution in [0, 0.1) is 0 Å². The lowest BCUT2D eigenvalue weighted by molar-refractivity contribution is 0.102. The summed E-state index contributed by atoms with van der Waals surface area (Å²) in [5.41, 5.74) is 5.48. The summed E-state index contributed by atoms with van der Waals surface area (Å²) in [4.78, 5) is 19.8. The van der Waals surface area contributed by atoms with Gasteiger partial charge < -0.3 is 15.2 Å². The van der Waals surface area contributed by atoms with Crippen LogP contribution in [0.5, 0.6) is 11.8 Å². The third-order valence-corrected chi connectivity index (χ3v) is 2.24. The summed E-state index contributed by atoms with van der Waals surface area (Å²) in [6, 6.07) is 4.39. The quantitative estimate of drug-likeness (QED) is 0.806. The van der Waals surface area contributed by atoms with Crippen molar-refractivity contribution in [3.8, 4) is 11.8 Å². The minimum atomic E-state index is -0.521. The first-order chi connectivity index (χ1) is 9.62. The van der Waals surface area contributed by atoms with E-state index in [0.29, 0.717) is 0 Å². The number of ether oxygens (including phenoxy) is 2. The van der Waals surface area contributed by atoms with Crippen LogP contribution in [-0.2, 0) is 0 Å². The summed E-state index contributed by atoms with van der Waals surface area (Å²) in [6.45, 7) is 0. The Balaban J connectivity index is 2.20. The molecule has 104 valence electrons. The summed E-state index contributed by atoms with van der Waals surface area (Å²) in [6.07, 6.45) is 0. The van der Waals surface area contributed by atoms with Gasteiger partial charge in [0.05, 0.1) is 20.3 Å². The van der Waals surface area contributed by atoms with Crippen molar-refractivity contribution in [1.82, 2.24) is 20.2 Å². The smallest absolute Gasteiger partial charge is 0.278 e. The molecule has 2 rings (SSSR count). The van der Waals surface area contributed by atoms with Crippen molar-refractivity contribution in [2.45, 2.75) is 0 Å². The molecule has 2 aromatic rings. The maximum Gasteiger partial charge on any atom is 0.278 e. The molecule has 0 saturated carbocycles. The van der Waals surface area contributed by atoms with Gasteiger partial charge in [-0.05, 0) is 12.1 Å². The molecular formula is C11H12N6O3. The number of methoxy groups -OCH3 is 2. The molecule has 0 saturated heterocycles. The summed E-state index contributed by atoms with van der Waals surface area (Å²) < 4.78 is 9.95. The number of nitrogen functional groups attached to an aromatic ring is 1. The molecule has 0 aliphatic heterocycles. The minimum absolute atomic E-state index is 0.0322. The van der Waals surface area contributed by atoms with Gasteiger partial charge in [-0.1, -0.05) is 0 Å². The molecule has 0 fully saturated rings. The fraction of sp³-hybridized carbons (Fsp3) is 0.182. The van der Waals surface area contributed by atoms with Gasteiger partial charge in [-0.2, -0.15) is 9.97 Å². The summed E-state index contributed by atoms with van der Waals surface area (Å²) in [7, 11) is 2.89. The second-order valence-electron chi connectivity index (χ2n) is 3.57. The molecule has 0 aromatic carbocycles. The third-order valence-electron chi connectivity index (χ3n) is 2.24. The predicted molar refractivity (Wildman–Crippen MR) is 69.5 cm³/mol. The number of amides is 1. The van der Waals surface area contributed by atoms with Gasteiger partial charge in [-0.3, -0.25) is 10.1 Å². The fourth-order valence-corrected chi connectivity index (χ4v) is 1.30. The van der Waals surface area contributed by atoms with Crippen molar-refractivity contribution in [2.75, 3.05) is 25.3 Å². The Morgan fingerprint density at radius 1 is 1.15 bits per heavy atom. The molecule has 0 atom stereocenters. The van der Waals surface area contributed by atoms with E-state index in [1.54, 1.807) is 0 Å². The minimum Gasteiger partial charge on any atom is -0.481 e. The van der Waals surface area contributed by atoms with Crippen molar-refractivity contribution >= 4 is 17.7 Å². The molecule has 0 aliphatic carbocycles. The molecule has 9 heteroatoms. The number of hydrogen-bond acceptors (Lipinski definition) is 8. The molecule has 2 heterocycles. The van der Waals surface area contributed by atoms with Crippen LogP contribution in [0.15, 0.2) is 18.2 Å². The van der Waals surface area contributed by atoms with Crippen molar-refractivity contribution in [1.29, 1.82) is 0 Å². The second-order valence-corrected chi connectivity index (χ2v) is 3.57. The van der Waals surface area contributed by atoms with E-state index in [0.717, 1.165) is 0 Å². The van der Waals surface area contributed by atoms with E-state index in [-0.39, 0.29) is 29.2 Å². The number of carbonyl (C=O) groups excluding carboxylic acids is 1. The van der Waals surface area contributed by atoms with E-state index < -0.39 is 5.91 Å². The first kappa shape index (κ1) is 13.5. The number of carbonyl (C=O) groups is 1. The molecular weight excluding hydrogens is 264 g/mol. The van der Waals surface area contributed by atoms with Crippen molar-refractivity contribution in [3.05, 3.63) is 23.9 Å². The zero-order valence-electron chi connectivity index (χ0n) is 10.8. The van der Waals surface area contributed by atoms with Crippen LogP contribution >= 0.6 is 0 Å². The molecule has 1 amide bonds. The van der Waals surface area contributed by atoms with Crippen LogP contribution < -0.4 is 20.5 Å². The Hall–Kier alpha value is -2.97. The largest absolute Gasteiger partial charge is 0.481 e. The van der Waals surface area contributed by atoms with Gasteiger partial charge in [0, 0.05) is 0 Å². The lowest BCUT2D eigenvalue weighted by Gasteiger charge is -2.07. The average molecular weight is 276 g/mol. The molecule has 2 aromatic heterocycles. The van der Waals surface area contributed by atoms with Gasteiger partial charge >= 0.3 is 0 Å². The van der Waals surface area contributed by atoms with Crippen molar-refractivity contribution in [3.63, 3.8) is 0 Å². The second kappa shape index (κ2) is 5.78. The van der Waals surface area contributed by atoms with E-state index in [1.807, 2.05) is 0 Å². The lowest BCUT2D eigenvalue weighted by Crippen LogP contribution is -2.16. The molecule has 0 spiro atoms. The molecule has 3 N–H and O–H groups in total.